The Labute approximate surface area is 180 Å². The summed E-state index contributed by atoms with van der Waals surface area (Å²) in [6.07, 6.45) is 4.66. The molecule has 31 heavy (non-hydrogen) atoms. The highest BCUT2D eigenvalue weighted by Gasteiger charge is 2.27. The number of piperidine rings is 1. The molecular formula is C24H24N4O3. The van der Waals surface area contributed by atoms with E-state index < -0.39 is 0 Å². The fraction of sp³-hybridized carbons (Fsp3) is 0.250. The average Bonchev–Trinajstić information content (AvgIpc) is 3.24. The number of rotatable bonds is 5. The molecule has 2 amide bonds. The predicted octanol–water partition coefficient (Wildman–Crippen LogP) is 3.94. The number of carbonyl (C=O) groups excluding carboxylic acids is 2. The lowest BCUT2D eigenvalue weighted by atomic mass is 9.95. The maximum Gasteiger partial charge on any atom is 0.246 e. The van der Waals surface area contributed by atoms with Crippen LogP contribution in [0.1, 0.15) is 24.3 Å². The third-order valence-corrected chi connectivity index (χ3v) is 5.35. The number of carbonyl (C=O) groups is 2. The van der Waals surface area contributed by atoms with Crippen molar-refractivity contribution >= 4 is 23.6 Å². The van der Waals surface area contributed by atoms with Crippen LogP contribution in [0.4, 0.5) is 5.69 Å². The summed E-state index contributed by atoms with van der Waals surface area (Å²) in [5, 5.41) is 6.95. The summed E-state index contributed by atoms with van der Waals surface area (Å²) in [5.41, 5.74) is 2.35. The van der Waals surface area contributed by atoms with Crippen molar-refractivity contribution in [3.05, 3.63) is 72.1 Å². The van der Waals surface area contributed by atoms with Crippen LogP contribution < -0.4 is 5.32 Å². The topological polar surface area (TPSA) is 88.3 Å². The maximum absolute atomic E-state index is 12.9. The van der Waals surface area contributed by atoms with Gasteiger partial charge in [-0.05, 0) is 36.6 Å². The average molecular weight is 416 g/mol. The minimum absolute atomic E-state index is 0.0273. The summed E-state index contributed by atoms with van der Waals surface area (Å²) in [4.78, 5) is 31.4. The van der Waals surface area contributed by atoms with Crippen LogP contribution >= 0.6 is 0 Å². The van der Waals surface area contributed by atoms with Crippen molar-refractivity contribution in [1.82, 2.24) is 15.0 Å². The van der Waals surface area contributed by atoms with Gasteiger partial charge in [0.05, 0.1) is 5.69 Å². The molecule has 7 heteroatoms. The van der Waals surface area contributed by atoms with E-state index in [0.717, 1.165) is 5.56 Å². The predicted molar refractivity (Wildman–Crippen MR) is 118 cm³/mol. The number of aromatic nitrogens is 2. The van der Waals surface area contributed by atoms with Crippen molar-refractivity contribution in [3.8, 4) is 11.4 Å². The minimum Gasteiger partial charge on any atom is -0.339 e. The summed E-state index contributed by atoms with van der Waals surface area (Å²) >= 11 is 0. The molecule has 1 aromatic heterocycles. The fourth-order valence-corrected chi connectivity index (χ4v) is 3.63. The van der Waals surface area contributed by atoms with Crippen LogP contribution in [0, 0.1) is 12.8 Å². The second-order valence-corrected chi connectivity index (χ2v) is 7.52. The summed E-state index contributed by atoms with van der Waals surface area (Å²) in [7, 11) is 0. The Morgan fingerprint density at radius 1 is 1.06 bits per heavy atom. The lowest BCUT2D eigenvalue weighted by molar-refractivity contribution is -0.130. The van der Waals surface area contributed by atoms with Gasteiger partial charge in [0.25, 0.3) is 0 Å². The van der Waals surface area contributed by atoms with E-state index in [1.54, 1.807) is 17.9 Å². The van der Waals surface area contributed by atoms with Gasteiger partial charge in [0.15, 0.2) is 0 Å². The Morgan fingerprint density at radius 2 is 1.77 bits per heavy atom. The molecule has 1 N–H and O–H groups in total. The van der Waals surface area contributed by atoms with E-state index in [4.69, 9.17) is 4.52 Å². The smallest absolute Gasteiger partial charge is 0.246 e. The molecule has 0 bridgehead atoms. The van der Waals surface area contributed by atoms with E-state index >= 15 is 0 Å². The van der Waals surface area contributed by atoms with Crippen molar-refractivity contribution in [1.29, 1.82) is 0 Å². The molecular weight excluding hydrogens is 392 g/mol. The summed E-state index contributed by atoms with van der Waals surface area (Å²) in [6.45, 7) is 2.84. The number of aryl methyl sites for hydroxylation is 1. The zero-order valence-corrected chi connectivity index (χ0v) is 17.3. The number of amides is 2. The van der Waals surface area contributed by atoms with E-state index in [0.29, 0.717) is 48.9 Å². The van der Waals surface area contributed by atoms with Gasteiger partial charge in [-0.25, -0.2) is 0 Å². The zero-order chi connectivity index (χ0) is 21.6. The third-order valence-electron chi connectivity index (χ3n) is 5.35. The number of hydrogen-bond acceptors (Lipinski definition) is 5. The first kappa shape index (κ1) is 20.5. The van der Waals surface area contributed by atoms with Gasteiger partial charge in [0.1, 0.15) is 0 Å². The standard InChI is InChI=1S/C24H24N4O3/c1-17-25-23(27-31-17)20-9-5-6-10-21(20)26-24(30)19-13-15-28(16-14-19)22(29)12-11-18-7-3-2-4-8-18/h2-12,19H,13-16H2,1H3,(H,26,30)/b12-11+. The normalized spacial score (nSPS) is 14.7. The molecule has 1 aliphatic rings. The minimum atomic E-state index is -0.151. The number of nitrogens with one attached hydrogen (secondary N) is 1. The first-order valence-corrected chi connectivity index (χ1v) is 10.3. The number of anilines is 1. The molecule has 7 nitrogen and oxygen atoms in total. The van der Waals surface area contributed by atoms with E-state index in [-0.39, 0.29) is 17.7 Å². The number of likely N-dealkylation sites (tertiary alicyclic amines) is 1. The van der Waals surface area contributed by atoms with E-state index in [9.17, 15) is 9.59 Å². The van der Waals surface area contributed by atoms with Crippen LogP contribution in [0.15, 0.2) is 65.2 Å². The van der Waals surface area contributed by atoms with Crippen molar-refractivity contribution < 1.29 is 14.1 Å². The Morgan fingerprint density at radius 3 is 2.48 bits per heavy atom. The zero-order valence-electron chi connectivity index (χ0n) is 17.3. The number of para-hydroxylation sites is 1. The second kappa shape index (κ2) is 9.38. The largest absolute Gasteiger partial charge is 0.339 e. The maximum atomic E-state index is 12.9. The van der Waals surface area contributed by atoms with Gasteiger partial charge in [-0.1, -0.05) is 47.6 Å². The highest BCUT2D eigenvalue weighted by Crippen LogP contribution is 2.27. The van der Waals surface area contributed by atoms with Gasteiger partial charge in [-0.15, -0.1) is 0 Å². The van der Waals surface area contributed by atoms with Crippen LogP contribution in [-0.2, 0) is 9.59 Å². The molecule has 0 atom stereocenters. The van der Waals surface area contributed by atoms with Crippen molar-refractivity contribution in [2.24, 2.45) is 5.92 Å². The van der Waals surface area contributed by atoms with Crippen LogP contribution in [0.3, 0.4) is 0 Å². The number of benzene rings is 2. The molecule has 158 valence electrons. The molecule has 0 saturated carbocycles. The fourth-order valence-electron chi connectivity index (χ4n) is 3.63. The summed E-state index contributed by atoms with van der Waals surface area (Å²) in [6, 6.07) is 17.1. The first-order valence-electron chi connectivity index (χ1n) is 10.3. The third kappa shape index (κ3) is 5.06. The SMILES string of the molecule is Cc1nc(-c2ccccc2NC(=O)C2CCN(C(=O)/C=C/c3ccccc3)CC2)no1. The van der Waals surface area contributed by atoms with Crippen LogP contribution in [0.5, 0.6) is 0 Å². The van der Waals surface area contributed by atoms with Gasteiger partial charge in [0, 0.05) is 37.6 Å². The van der Waals surface area contributed by atoms with Gasteiger partial charge < -0.3 is 14.7 Å². The highest BCUT2D eigenvalue weighted by molar-refractivity contribution is 5.96. The monoisotopic (exact) mass is 416 g/mol. The van der Waals surface area contributed by atoms with Crippen LogP contribution in [-0.4, -0.2) is 39.9 Å². The Kier molecular flexibility index (Phi) is 6.21. The molecule has 1 aliphatic heterocycles. The van der Waals surface area contributed by atoms with Crippen molar-refractivity contribution in [2.75, 3.05) is 18.4 Å². The Bertz CT molecular complexity index is 1080. The molecule has 2 heterocycles. The molecule has 3 aromatic rings. The number of hydrogen-bond donors (Lipinski definition) is 1. The van der Waals surface area contributed by atoms with Crippen LogP contribution in [0.2, 0.25) is 0 Å². The Hall–Kier alpha value is -3.74. The lowest BCUT2D eigenvalue weighted by Gasteiger charge is -2.30. The van der Waals surface area contributed by atoms with Crippen LogP contribution in [0.25, 0.3) is 17.5 Å². The molecule has 0 unspecified atom stereocenters. The molecule has 1 fully saturated rings. The summed E-state index contributed by atoms with van der Waals surface area (Å²) in [5.74, 6) is 0.677. The summed E-state index contributed by atoms with van der Waals surface area (Å²) < 4.78 is 5.06. The Balaban J connectivity index is 1.34. The van der Waals surface area contributed by atoms with Gasteiger partial charge in [-0.3, -0.25) is 9.59 Å². The molecule has 0 radical (unpaired) electrons. The lowest BCUT2D eigenvalue weighted by Crippen LogP contribution is -2.40. The molecule has 1 saturated heterocycles. The molecule has 2 aromatic carbocycles. The quantitative estimate of drug-likeness (QED) is 0.637. The highest BCUT2D eigenvalue weighted by atomic mass is 16.5. The van der Waals surface area contributed by atoms with E-state index in [1.807, 2.05) is 60.7 Å². The van der Waals surface area contributed by atoms with E-state index in [2.05, 4.69) is 15.5 Å². The second-order valence-electron chi connectivity index (χ2n) is 7.52. The number of nitrogens with zero attached hydrogens (tertiary/aromatic N) is 3. The molecule has 4 rings (SSSR count). The van der Waals surface area contributed by atoms with Crippen molar-refractivity contribution in [2.45, 2.75) is 19.8 Å². The molecule has 0 aliphatic carbocycles. The van der Waals surface area contributed by atoms with Gasteiger partial charge in [-0.2, -0.15) is 4.98 Å². The van der Waals surface area contributed by atoms with E-state index in [1.165, 1.54) is 0 Å². The van der Waals surface area contributed by atoms with Crippen molar-refractivity contribution in [3.63, 3.8) is 0 Å². The first-order chi connectivity index (χ1) is 15.1. The van der Waals surface area contributed by atoms with Gasteiger partial charge >= 0.3 is 0 Å². The molecule has 0 spiro atoms. The van der Waals surface area contributed by atoms with Gasteiger partial charge in [0.2, 0.25) is 23.5 Å².